The van der Waals surface area contributed by atoms with E-state index in [4.69, 9.17) is 0 Å². The Morgan fingerprint density at radius 2 is 2.11 bits per heavy atom. The van der Waals surface area contributed by atoms with E-state index in [9.17, 15) is 13.2 Å². The highest BCUT2D eigenvalue weighted by molar-refractivity contribution is 7.90. The minimum absolute atomic E-state index is 0.0310. The molecule has 0 saturated carbocycles. The molecule has 0 aliphatic carbocycles. The maximum Gasteiger partial charge on any atom is 0.307 e. The van der Waals surface area contributed by atoms with E-state index in [0.29, 0.717) is 13.1 Å². The van der Waals surface area contributed by atoms with Crippen LogP contribution in [0.1, 0.15) is 5.69 Å². The molecule has 0 unspecified atom stereocenters. The average molecular weight is 287 g/mol. The Morgan fingerprint density at radius 3 is 2.67 bits per heavy atom. The molecule has 0 radical (unpaired) electrons. The first kappa shape index (κ1) is 13.0. The molecule has 0 N–H and O–H groups in total. The van der Waals surface area contributed by atoms with Crippen LogP contribution in [0.2, 0.25) is 0 Å². The van der Waals surface area contributed by atoms with Crippen molar-refractivity contribution in [1.29, 1.82) is 0 Å². The van der Waals surface area contributed by atoms with Crippen molar-refractivity contribution in [2.75, 3.05) is 6.26 Å². The number of hydrogen-bond donors (Lipinski definition) is 0. The maximum atomic E-state index is 11.5. The first-order chi connectivity index (χ1) is 8.39. The molecule has 2 aromatic heterocycles. The van der Waals surface area contributed by atoms with E-state index in [2.05, 4.69) is 4.98 Å². The van der Waals surface area contributed by atoms with Gasteiger partial charge in [-0.3, -0.25) is 4.79 Å². The third-order valence-corrected chi connectivity index (χ3v) is 4.43. The highest BCUT2D eigenvalue weighted by atomic mass is 32.2. The van der Waals surface area contributed by atoms with Gasteiger partial charge in [-0.2, -0.15) is 0 Å². The lowest BCUT2D eigenvalue weighted by Gasteiger charge is -2.07. The molecule has 0 aliphatic heterocycles. The third kappa shape index (κ3) is 2.54. The molecule has 0 aliphatic rings. The van der Waals surface area contributed by atoms with Crippen molar-refractivity contribution in [2.24, 2.45) is 0 Å². The topological polar surface area (TPSA) is 74.0 Å². The van der Waals surface area contributed by atoms with Gasteiger partial charge in [-0.15, -0.1) is 0 Å². The second-order valence-electron chi connectivity index (χ2n) is 3.97. The number of aryl methyl sites for hydroxylation is 2. The van der Waals surface area contributed by atoms with Crippen molar-refractivity contribution in [3.8, 4) is 0 Å². The molecular weight excluding hydrogens is 274 g/mol. The van der Waals surface area contributed by atoms with Crippen LogP contribution in [-0.4, -0.2) is 28.8 Å². The van der Waals surface area contributed by atoms with Crippen LogP contribution in [0.5, 0.6) is 0 Å². The fourth-order valence-electron chi connectivity index (χ4n) is 1.68. The Labute approximate surface area is 108 Å². The number of imidazole rings is 1. The standard InChI is InChI=1S/C10H13N3O3S2/c1-8-7-17-10(14)13(8)6-5-12-4-3-11-9(12)18(2,15)16/h3-4,7H,5-6H2,1-2H3. The molecule has 18 heavy (non-hydrogen) atoms. The van der Waals surface area contributed by atoms with Gasteiger partial charge in [-0.25, -0.2) is 13.4 Å². The SMILES string of the molecule is Cc1csc(=O)n1CCn1ccnc1S(C)(=O)=O. The normalized spacial score (nSPS) is 11.9. The number of nitrogens with zero attached hydrogens (tertiary/aromatic N) is 3. The lowest BCUT2D eigenvalue weighted by molar-refractivity contribution is 0.517. The van der Waals surface area contributed by atoms with Crippen LogP contribution in [0, 0.1) is 6.92 Å². The summed E-state index contributed by atoms with van der Waals surface area (Å²) in [4.78, 5) is 15.3. The lowest BCUT2D eigenvalue weighted by Crippen LogP contribution is -2.19. The van der Waals surface area contributed by atoms with Gasteiger partial charge in [-0.1, -0.05) is 11.3 Å². The lowest BCUT2D eigenvalue weighted by atomic mass is 10.5. The van der Waals surface area contributed by atoms with Crippen molar-refractivity contribution in [2.45, 2.75) is 25.2 Å². The van der Waals surface area contributed by atoms with E-state index in [1.165, 1.54) is 6.20 Å². The average Bonchev–Trinajstić information content (AvgIpc) is 2.84. The summed E-state index contributed by atoms with van der Waals surface area (Å²) in [6, 6.07) is 0. The summed E-state index contributed by atoms with van der Waals surface area (Å²) in [7, 11) is -3.33. The van der Waals surface area contributed by atoms with E-state index in [-0.39, 0.29) is 10.0 Å². The molecule has 0 fully saturated rings. The van der Waals surface area contributed by atoms with E-state index < -0.39 is 9.84 Å². The van der Waals surface area contributed by atoms with Gasteiger partial charge in [0.1, 0.15) is 0 Å². The van der Waals surface area contributed by atoms with Gasteiger partial charge in [-0.05, 0) is 6.92 Å². The minimum atomic E-state index is -3.33. The number of sulfone groups is 1. The predicted molar refractivity (Wildman–Crippen MR) is 68.7 cm³/mol. The molecule has 0 saturated heterocycles. The van der Waals surface area contributed by atoms with Gasteiger partial charge < -0.3 is 9.13 Å². The van der Waals surface area contributed by atoms with Crippen LogP contribution < -0.4 is 4.87 Å². The van der Waals surface area contributed by atoms with E-state index in [1.54, 1.807) is 20.7 Å². The Morgan fingerprint density at radius 1 is 1.39 bits per heavy atom. The highest BCUT2D eigenvalue weighted by Crippen LogP contribution is 2.07. The van der Waals surface area contributed by atoms with Crippen molar-refractivity contribution in [3.05, 3.63) is 33.1 Å². The van der Waals surface area contributed by atoms with Gasteiger partial charge in [0.15, 0.2) is 0 Å². The molecule has 0 bridgehead atoms. The predicted octanol–water partition coefficient (Wildman–Crippen LogP) is 0.518. The van der Waals surface area contributed by atoms with Gasteiger partial charge in [0.25, 0.3) is 0 Å². The Bertz CT molecular complexity index is 709. The summed E-state index contributed by atoms with van der Waals surface area (Å²) in [5, 5.41) is 1.82. The second kappa shape index (κ2) is 4.69. The fraction of sp³-hybridized carbons (Fsp3) is 0.400. The summed E-state index contributed by atoms with van der Waals surface area (Å²) < 4.78 is 26.1. The van der Waals surface area contributed by atoms with Crippen molar-refractivity contribution >= 4 is 21.2 Å². The molecule has 8 heteroatoms. The minimum Gasteiger partial charge on any atom is -0.320 e. The van der Waals surface area contributed by atoms with Crippen LogP contribution in [-0.2, 0) is 22.9 Å². The molecule has 2 aromatic rings. The Hall–Kier alpha value is -1.41. The van der Waals surface area contributed by atoms with Crippen molar-refractivity contribution < 1.29 is 8.42 Å². The van der Waals surface area contributed by atoms with Crippen LogP contribution >= 0.6 is 11.3 Å². The zero-order valence-corrected chi connectivity index (χ0v) is 11.7. The molecule has 0 aromatic carbocycles. The first-order valence-corrected chi connectivity index (χ1v) is 8.03. The number of thiazole rings is 1. The highest BCUT2D eigenvalue weighted by Gasteiger charge is 2.14. The fourth-order valence-corrected chi connectivity index (χ4v) is 3.27. The monoisotopic (exact) mass is 287 g/mol. The molecule has 0 atom stereocenters. The summed E-state index contributed by atoms with van der Waals surface area (Å²) in [5.74, 6) is 0. The van der Waals surface area contributed by atoms with Gasteiger partial charge in [0.2, 0.25) is 15.0 Å². The first-order valence-electron chi connectivity index (χ1n) is 5.25. The summed E-state index contributed by atoms with van der Waals surface area (Å²) in [6.45, 7) is 2.69. The van der Waals surface area contributed by atoms with E-state index in [0.717, 1.165) is 23.3 Å². The Kier molecular flexibility index (Phi) is 3.40. The zero-order valence-electron chi connectivity index (χ0n) is 10.0. The summed E-state index contributed by atoms with van der Waals surface area (Å²) in [6.07, 6.45) is 4.16. The molecule has 0 amide bonds. The summed E-state index contributed by atoms with van der Waals surface area (Å²) in [5.41, 5.74) is 0.881. The molecule has 98 valence electrons. The number of rotatable bonds is 4. The molecule has 0 spiro atoms. The van der Waals surface area contributed by atoms with Crippen molar-refractivity contribution in [3.63, 3.8) is 0 Å². The van der Waals surface area contributed by atoms with Crippen LogP contribution in [0.25, 0.3) is 0 Å². The van der Waals surface area contributed by atoms with Gasteiger partial charge in [0.05, 0.1) is 0 Å². The quantitative estimate of drug-likeness (QED) is 0.821. The molecule has 2 rings (SSSR count). The van der Waals surface area contributed by atoms with E-state index >= 15 is 0 Å². The van der Waals surface area contributed by atoms with E-state index in [1.807, 2.05) is 6.92 Å². The van der Waals surface area contributed by atoms with Crippen LogP contribution in [0.3, 0.4) is 0 Å². The molecule has 2 heterocycles. The zero-order chi connectivity index (χ0) is 13.3. The van der Waals surface area contributed by atoms with Crippen LogP contribution in [0.4, 0.5) is 0 Å². The van der Waals surface area contributed by atoms with Gasteiger partial charge in [0, 0.05) is 42.8 Å². The molecule has 6 nitrogen and oxygen atoms in total. The second-order valence-corrected chi connectivity index (χ2v) is 6.70. The molecular formula is C10H13N3O3S2. The van der Waals surface area contributed by atoms with Gasteiger partial charge >= 0.3 is 4.87 Å². The number of aromatic nitrogens is 3. The summed E-state index contributed by atoms with van der Waals surface area (Å²) >= 11 is 1.14. The maximum absolute atomic E-state index is 11.5. The third-order valence-electron chi connectivity index (χ3n) is 2.55. The largest absolute Gasteiger partial charge is 0.320 e. The number of hydrogen-bond acceptors (Lipinski definition) is 5. The Balaban J connectivity index is 2.22. The smallest absolute Gasteiger partial charge is 0.307 e. The van der Waals surface area contributed by atoms with Crippen molar-refractivity contribution in [1.82, 2.24) is 14.1 Å². The van der Waals surface area contributed by atoms with Crippen LogP contribution in [0.15, 0.2) is 27.7 Å².